The van der Waals surface area contributed by atoms with Crippen molar-refractivity contribution in [3.63, 3.8) is 0 Å². The molecule has 1 aliphatic rings. The van der Waals surface area contributed by atoms with Crippen LogP contribution in [0.3, 0.4) is 0 Å². The molecule has 0 atom stereocenters. The zero-order valence-electron chi connectivity index (χ0n) is 19.6. The second-order valence-corrected chi connectivity index (χ2v) is 9.23. The third-order valence-electron chi connectivity index (χ3n) is 6.59. The van der Waals surface area contributed by atoms with Gasteiger partial charge >= 0.3 is 0 Å². The normalized spacial score (nSPS) is 14.4. The Morgan fingerprint density at radius 3 is 2.41 bits per heavy atom. The van der Waals surface area contributed by atoms with E-state index in [1.165, 1.54) is 11.0 Å². The van der Waals surface area contributed by atoms with Crippen molar-refractivity contribution >= 4 is 40.0 Å². The number of anilines is 1. The van der Waals surface area contributed by atoms with Crippen LogP contribution < -0.4 is 4.90 Å². The Balaban J connectivity index is 1.42. The minimum absolute atomic E-state index is 0.270. The van der Waals surface area contributed by atoms with E-state index >= 15 is 0 Å². The highest BCUT2D eigenvalue weighted by atomic mass is 35.5. The number of fused-ring (bicyclic) bond motifs is 3. The van der Waals surface area contributed by atoms with E-state index in [9.17, 15) is 13.6 Å². The fourth-order valence-corrected chi connectivity index (χ4v) is 5.00. The number of benzene rings is 3. The highest BCUT2D eigenvalue weighted by molar-refractivity contribution is 6.33. The summed E-state index contributed by atoms with van der Waals surface area (Å²) >= 11 is 6.52. The standard InChI is InChI=1S/C27H21ClF2N6O/c28-19-9-3-1-7-17(19)24-32-33-25-18-8-2-4-12-22(18)31-27(36(24)25)35-14-6-13-34(15-16-35)26(37)23-20(29)10-5-11-21(23)30/h1-5,7-12H,6,13-16H2. The van der Waals surface area contributed by atoms with E-state index < -0.39 is 23.1 Å². The molecule has 3 heterocycles. The average Bonchev–Trinajstić information content (AvgIpc) is 3.19. The van der Waals surface area contributed by atoms with Crippen LogP contribution in [0.15, 0.2) is 66.7 Å². The highest BCUT2D eigenvalue weighted by Crippen LogP contribution is 2.32. The van der Waals surface area contributed by atoms with Crippen molar-refractivity contribution in [2.24, 2.45) is 0 Å². The van der Waals surface area contributed by atoms with Crippen LogP contribution in [-0.4, -0.2) is 56.6 Å². The Hall–Kier alpha value is -4.11. The Bertz CT molecular complexity index is 1640. The molecule has 0 bridgehead atoms. The number of carbonyl (C=O) groups excluding carboxylic acids is 1. The van der Waals surface area contributed by atoms with Crippen molar-refractivity contribution in [3.8, 4) is 11.4 Å². The second kappa shape index (κ2) is 9.40. The van der Waals surface area contributed by atoms with E-state index in [2.05, 4.69) is 10.2 Å². The lowest BCUT2D eigenvalue weighted by molar-refractivity contribution is 0.0757. The second-order valence-electron chi connectivity index (χ2n) is 8.82. The Morgan fingerprint density at radius 1 is 0.838 bits per heavy atom. The van der Waals surface area contributed by atoms with Crippen molar-refractivity contribution in [3.05, 3.63) is 89.0 Å². The minimum Gasteiger partial charge on any atom is -0.340 e. The third kappa shape index (κ3) is 4.05. The van der Waals surface area contributed by atoms with E-state index in [1.54, 1.807) is 6.07 Å². The fourth-order valence-electron chi connectivity index (χ4n) is 4.78. The van der Waals surface area contributed by atoms with Crippen molar-refractivity contribution in [1.29, 1.82) is 0 Å². The topological polar surface area (TPSA) is 66.6 Å². The van der Waals surface area contributed by atoms with Gasteiger partial charge in [-0.1, -0.05) is 41.9 Å². The van der Waals surface area contributed by atoms with Crippen LogP contribution in [0.5, 0.6) is 0 Å². The van der Waals surface area contributed by atoms with Gasteiger partial charge in [0.2, 0.25) is 5.95 Å². The number of hydrogen-bond acceptors (Lipinski definition) is 5. The van der Waals surface area contributed by atoms with Crippen LogP contribution in [-0.2, 0) is 0 Å². The molecule has 1 saturated heterocycles. The number of hydrogen-bond donors (Lipinski definition) is 0. The zero-order valence-corrected chi connectivity index (χ0v) is 20.4. The van der Waals surface area contributed by atoms with Gasteiger partial charge in [-0.15, -0.1) is 10.2 Å². The van der Waals surface area contributed by atoms with Gasteiger partial charge in [0.1, 0.15) is 17.2 Å². The highest BCUT2D eigenvalue weighted by Gasteiger charge is 2.27. The first-order valence-electron chi connectivity index (χ1n) is 11.9. The maximum Gasteiger partial charge on any atom is 0.259 e. The molecule has 0 radical (unpaired) electrons. The Labute approximate surface area is 215 Å². The van der Waals surface area contributed by atoms with Gasteiger partial charge in [-0.05, 0) is 42.8 Å². The monoisotopic (exact) mass is 518 g/mol. The lowest BCUT2D eigenvalue weighted by Crippen LogP contribution is -2.36. The lowest BCUT2D eigenvalue weighted by Gasteiger charge is -2.24. The molecule has 3 aromatic carbocycles. The number of carbonyl (C=O) groups is 1. The van der Waals surface area contributed by atoms with Crippen molar-refractivity contribution in [1.82, 2.24) is 24.5 Å². The summed E-state index contributed by atoms with van der Waals surface area (Å²) in [6.07, 6.45) is 0.585. The SMILES string of the molecule is O=C(c1c(F)cccc1F)N1CCCN(c2nc3ccccc3c3nnc(-c4ccccc4Cl)n23)CC1. The lowest BCUT2D eigenvalue weighted by atomic mass is 10.1. The van der Waals surface area contributed by atoms with Crippen molar-refractivity contribution in [2.75, 3.05) is 31.1 Å². The van der Waals surface area contributed by atoms with Crippen molar-refractivity contribution < 1.29 is 13.6 Å². The molecule has 0 saturated carbocycles. The first-order valence-corrected chi connectivity index (χ1v) is 12.3. The molecule has 37 heavy (non-hydrogen) atoms. The quantitative estimate of drug-likeness (QED) is 0.327. The summed E-state index contributed by atoms with van der Waals surface area (Å²) in [7, 11) is 0. The molecule has 0 unspecified atom stereocenters. The van der Waals surface area contributed by atoms with E-state index in [4.69, 9.17) is 16.6 Å². The molecular formula is C27H21ClF2N6O. The third-order valence-corrected chi connectivity index (χ3v) is 6.92. The number of amides is 1. The molecule has 1 aliphatic heterocycles. The molecule has 2 aromatic heterocycles. The number of aromatic nitrogens is 4. The first kappa shape index (κ1) is 23.3. The predicted octanol–water partition coefficient (Wildman–Crippen LogP) is 5.23. The van der Waals surface area contributed by atoms with Gasteiger partial charge in [-0.3, -0.25) is 4.79 Å². The number of rotatable bonds is 3. The summed E-state index contributed by atoms with van der Waals surface area (Å²) in [5.41, 5.74) is 1.59. The van der Waals surface area contributed by atoms with Crippen LogP contribution in [0.25, 0.3) is 27.9 Å². The minimum atomic E-state index is -0.863. The van der Waals surface area contributed by atoms with E-state index in [-0.39, 0.29) is 6.54 Å². The van der Waals surface area contributed by atoms with Crippen LogP contribution in [0.1, 0.15) is 16.8 Å². The maximum absolute atomic E-state index is 14.3. The van der Waals surface area contributed by atoms with Crippen LogP contribution in [0, 0.1) is 11.6 Å². The summed E-state index contributed by atoms with van der Waals surface area (Å²) in [6.45, 7) is 1.61. The molecule has 6 rings (SSSR count). The summed E-state index contributed by atoms with van der Waals surface area (Å²) in [6, 6.07) is 18.5. The van der Waals surface area contributed by atoms with Crippen molar-refractivity contribution in [2.45, 2.75) is 6.42 Å². The summed E-state index contributed by atoms with van der Waals surface area (Å²) in [5, 5.41) is 10.3. The van der Waals surface area contributed by atoms with Crippen LogP contribution >= 0.6 is 11.6 Å². The molecule has 0 aliphatic carbocycles. The molecule has 10 heteroatoms. The van der Waals surface area contributed by atoms with Gasteiger partial charge in [0.15, 0.2) is 11.5 Å². The van der Waals surface area contributed by atoms with Gasteiger partial charge < -0.3 is 9.80 Å². The van der Waals surface area contributed by atoms with Gasteiger partial charge in [-0.25, -0.2) is 18.2 Å². The van der Waals surface area contributed by atoms with Gasteiger partial charge in [0, 0.05) is 37.1 Å². The van der Waals surface area contributed by atoms with Gasteiger partial charge in [-0.2, -0.15) is 0 Å². The molecule has 186 valence electrons. The van der Waals surface area contributed by atoms with E-state index in [0.29, 0.717) is 48.5 Å². The first-order chi connectivity index (χ1) is 18.0. The number of nitrogens with zero attached hydrogens (tertiary/aromatic N) is 6. The summed E-state index contributed by atoms with van der Waals surface area (Å²) < 4.78 is 30.5. The largest absolute Gasteiger partial charge is 0.340 e. The van der Waals surface area contributed by atoms with Crippen LogP contribution in [0.4, 0.5) is 14.7 Å². The number of halogens is 3. The molecule has 5 aromatic rings. The average molecular weight is 519 g/mol. The van der Waals surface area contributed by atoms with Gasteiger partial charge in [0.05, 0.1) is 10.5 Å². The summed E-state index contributed by atoms with van der Waals surface area (Å²) in [5.74, 6) is -1.22. The van der Waals surface area contributed by atoms with E-state index in [0.717, 1.165) is 28.6 Å². The number of para-hydroxylation sites is 1. The molecular weight excluding hydrogens is 498 g/mol. The summed E-state index contributed by atoms with van der Waals surface area (Å²) in [4.78, 5) is 21.5. The predicted molar refractivity (Wildman–Crippen MR) is 138 cm³/mol. The molecule has 0 N–H and O–H groups in total. The Kier molecular flexibility index (Phi) is 5.92. The van der Waals surface area contributed by atoms with Gasteiger partial charge in [0.25, 0.3) is 5.91 Å². The van der Waals surface area contributed by atoms with Crippen LogP contribution in [0.2, 0.25) is 5.02 Å². The zero-order chi connectivity index (χ0) is 25.5. The molecule has 7 nitrogen and oxygen atoms in total. The smallest absolute Gasteiger partial charge is 0.259 e. The Morgan fingerprint density at radius 2 is 1.59 bits per heavy atom. The fraction of sp³-hybridized carbons (Fsp3) is 0.185. The van der Waals surface area contributed by atoms with E-state index in [1.807, 2.05) is 51.8 Å². The maximum atomic E-state index is 14.3. The molecule has 0 spiro atoms. The molecule has 1 amide bonds. The molecule has 1 fully saturated rings.